The van der Waals surface area contributed by atoms with Gasteiger partial charge in [-0.2, -0.15) is 5.26 Å². The third-order valence-electron chi connectivity index (χ3n) is 3.18. The molecule has 2 aromatic rings. The summed E-state index contributed by atoms with van der Waals surface area (Å²) >= 11 is 0. The summed E-state index contributed by atoms with van der Waals surface area (Å²) in [5.41, 5.74) is 3.28. The number of hydrogen-bond donors (Lipinski definition) is 0. The van der Waals surface area contributed by atoms with E-state index in [1.165, 1.54) is 11.3 Å². The van der Waals surface area contributed by atoms with Crippen molar-refractivity contribution in [1.82, 2.24) is 9.55 Å². The minimum Gasteiger partial charge on any atom is -0.327 e. The second kappa shape index (κ2) is 4.60. The predicted molar refractivity (Wildman–Crippen MR) is 67.1 cm³/mol. The highest BCUT2D eigenvalue weighted by atomic mass is 35.5. The van der Waals surface area contributed by atoms with Crippen LogP contribution in [0.2, 0.25) is 0 Å². The topological polar surface area (TPSA) is 41.6 Å². The molecule has 1 aliphatic rings. The van der Waals surface area contributed by atoms with Gasteiger partial charge >= 0.3 is 0 Å². The molecule has 3 nitrogen and oxygen atoms in total. The molecule has 1 aromatic carbocycles. The number of benzene rings is 1. The molecule has 0 bridgehead atoms. The zero-order valence-electron chi connectivity index (χ0n) is 9.21. The van der Waals surface area contributed by atoms with E-state index in [-0.39, 0.29) is 12.4 Å². The Morgan fingerprint density at radius 3 is 2.76 bits per heavy atom. The van der Waals surface area contributed by atoms with Crippen molar-refractivity contribution >= 4 is 12.4 Å². The number of rotatable bonds is 1. The Balaban J connectivity index is 0.00000108. The maximum absolute atomic E-state index is 8.75. The fraction of sp³-hybridized carbons (Fsp3) is 0.231. The summed E-state index contributed by atoms with van der Waals surface area (Å²) in [6.07, 6.45) is 6.04. The SMILES string of the molecule is Cl.N#Cc1ccc(C2CCc3cncn32)cc1. The van der Waals surface area contributed by atoms with E-state index in [1.807, 2.05) is 36.8 Å². The third-order valence-corrected chi connectivity index (χ3v) is 3.18. The first-order valence-electron chi connectivity index (χ1n) is 5.39. The fourth-order valence-electron chi connectivity index (χ4n) is 2.34. The van der Waals surface area contributed by atoms with Crippen molar-refractivity contribution in [3.05, 3.63) is 53.6 Å². The van der Waals surface area contributed by atoms with E-state index < -0.39 is 0 Å². The van der Waals surface area contributed by atoms with Crippen LogP contribution in [0.15, 0.2) is 36.8 Å². The Morgan fingerprint density at radius 1 is 1.29 bits per heavy atom. The van der Waals surface area contributed by atoms with Crippen LogP contribution in [0.3, 0.4) is 0 Å². The second-order valence-electron chi connectivity index (χ2n) is 4.08. The average molecular weight is 246 g/mol. The molecular weight excluding hydrogens is 234 g/mol. The van der Waals surface area contributed by atoms with Crippen LogP contribution in [-0.2, 0) is 6.42 Å². The molecule has 0 aliphatic carbocycles. The quantitative estimate of drug-likeness (QED) is 0.775. The molecule has 0 N–H and O–H groups in total. The molecule has 4 heteroatoms. The molecule has 1 aromatic heterocycles. The van der Waals surface area contributed by atoms with Gasteiger partial charge in [0.15, 0.2) is 0 Å². The van der Waals surface area contributed by atoms with E-state index >= 15 is 0 Å². The maximum Gasteiger partial charge on any atom is 0.0991 e. The Morgan fingerprint density at radius 2 is 2.06 bits per heavy atom. The highest BCUT2D eigenvalue weighted by molar-refractivity contribution is 5.85. The standard InChI is InChI=1S/C13H11N3.ClH/c14-7-10-1-3-11(4-2-10)13-6-5-12-8-15-9-16(12)13;/h1-4,8-9,13H,5-6H2;1H. The van der Waals surface area contributed by atoms with Crippen LogP contribution in [-0.4, -0.2) is 9.55 Å². The Bertz CT molecular complexity index is 551. The molecule has 0 spiro atoms. The molecule has 2 heterocycles. The molecule has 3 rings (SSSR count). The van der Waals surface area contributed by atoms with E-state index in [9.17, 15) is 0 Å². The molecule has 0 radical (unpaired) electrons. The van der Waals surface area contributed by atoms with Gasteiger partial charge in [0, 0.05) is 11.9 Å². The van der Waals surface area contributed by atoms with Gasteiger partial charge < -0.3 is 4.57 Å². The summed E-state index contributed by atoms with van der Waals surface area (Å²) < 4.78 is 2.22. The Kier molecular flexibility index (Phi) is 3.16. The van der Waals surface area contributed by atoms with Gasteiger partial charge in [0.2, 0.25) is 0 Å². The van der Waals surface area contributed by atoms with Crippen LogP contribution in [0.1, 0.15) is 29.3 Å². The molecular formula is C13H12ClN3. The minimum atomic E-state index is 0. The van der Waals surface area contributed by atoms with Gasteiger partial charge in [0.1, 0.15) is 0 Å². The van der Waals surface area contributed by atoms with Gasteiger partial charge in [-0.3, -0.25) is 0 Å². The van der Waals surface area contributed by atoms with Crippen molar-refractivity contribution in [3.8, 4) is 6.07 Å². The largest absolute Gasteiger partial charge is 0.327 e. The van der Waals surface area contributed by atoms with Crippen LogP contribution in [0.25, 0.3) is 0 Å². The number of fused-ring (bicyclic) bond motifs is 1. The van der Waals surface area contributed by atoms with Crippen molar-refractivity contribution in [2.75, 3.05) is 0 Å². The number of imidazole rings is 1. The molecule has 1 aliphatic heterocycles. The van der Waals surface area contributed by atoms with Gasteiger partial charge in [-0.25, -0.2) is 4.98 Å². The van der Waals surface area contributed by atoms with E-state index in [4.69, 9.17) is 5.26 Å². The van der Waals surface area contributed by atoms with Crippen LogP contribution >= 0.6 is 12.4 Å². The average Bonchev–Trinajstić information content (AvgIpc) is 2.91. The summed E-state index contributed by atoms with van der Waals surface area (Å²) in [4.78, 5) is 4.16. The van der Waals surface area contributed by atoms with Crippen molar-refractivity contribution in [2.24, 2.45) is 0 Å². The molecule has 1 atom stereocenters. The smallest absolute Gasteiger partial charge is 0.0991 e. The second-order valence-corrected chi connectivity index (χ2v) is 4.08. The summed E-state index contributed by atoms with van der Waals surface area (Å²) in [5.74, 6) is 0. The predicted octanol–water partition coefficient (Wildman–Crippen LogP) is 2.71. The normalized spacial score (nSPS) is 17.0. The first-order chi connectivity index (χ1) is 7.88. The third kappa shape index (κ3) is 1.92. The minimum absolute atomic E-state index is 0. The zero-order chi connectivity index (χ0) is 11.0. The highest BCUT2D eigenvalue weighted by Crippen LogP contribution is 2.31. The lowest BCUT2D eigenvalue weighted by Gasteiger charge is -2.12. The Hall–Kier alpha value is -1.79. The van der Waals surface area contributed by atoms with Gasteiger partial charge in [0.25, 0.3) is 0 Å². The Labute approximate surface area is 106 Å². The summed E-state index contributed by atoms with van der Waals surface area (Å²) in [5, 5.41) is 8.75. The monoisotopic (exact) mass is 245 g/mol. The summed E-state index contributed by atoms with van der Waals surface area (Å²) in [7, 11) is 0. The number of nitrogens with zero attached hydrogens (tertiary/aromatic N) is 3. The van der Waals surface area contributed by atoms with Gasteiger partial charge in [-0.1, -0.05) is 12.1 Å². The molecule has 0 saturated carbocycles. The van der Waals surface area contributed by atoms with Crippen LogP contribution in [0.4, 0.5) is 0 Å². The number of aromatic nitrogens is 2. The highest BCUT2D eigenvalue weighted by Gasteiger charge is 2.22. The molecule has 86 valence electrons. The molecule has 0 fully saturated rings. The van der Waals surface area contributed by atoms with Gasteiger partial charge in [0.05, 0.1) is 24.0 Å². The first-order valence-corrected chi connectivity index (χ1v) is 5.39. The lowest BCUT2D eigenvalue weighted by Crippen LogP contribution is -2.04. The van der Waals surface area contributed by atoms with Crippen molar-refractivity contribution < 1.29 is 0 Å². The molecule has 17 heavy (non-hydrogen) atoms. The number of halogens is 1. The van der Waals surface area contributed by atoms with Crippen molar-refractivity contribution in [1.29, 1.82) is 5.26 Å². The van der Waals surface area contributed by atoms with Gasteiger partial charge in [-0.15, -0.1) is 12.4 Å². The number of hydrogen-bond acceptors (Lipinski definition) is 2. The van der Waals surface area contributed by atoms with E-state index in [1.54, 1.807) is 0 Å². The lowest BCUT2D eigenvalue weighted by atomic mass is 10.0. The summed E-state index contributed by atoms with van der Waals surface area (Å²) in [6.45, 7) is 0. The maximum atomic E-state index is 8.75. The fourth-order valence-corrected chi connectivity index (χ4v) is 2.34. The van der Waals surface area contributed by atoms with Crippen LogP contribution in [0.5, 0.6) is 0 Å². The van der Waals surface area contributed by atoms with Crippen molar-refractivity contribution in [3.63, 3.8) is 0 Å². The number of aryl methyl sites for hydroxylation is 1. The van der Waals surface area contributed by atoms with Crippen LogP contribution in [0, 0.1) is 11.3 Å². The number of nitriles is 1. The first kappa shape index (κ1) is 11.7. The molecule has 0 saturated heterocycles. The summed E-state index contributed by atoms with van der Waals surface area (Å²) in [6, 6.07) is 10.4. The molecule has 0 amide bonds. The zero-order valence-corrected chi connectivity index (χ0v) is 10.0. The van der Waals surface area contributed by atoms with E-state index in [2.05, 4.69) is 15.6 Å². The van der Waals surface area contributed by atoms with Crippen molar-refractivity contribution in [2.45, 2.75) is 18.9 Å². The van der Waals surface area contributed by atoms with E-state index in [0.717, 1.165) is 12.8 Å². The molecule has 1 unspecified atom stereocenters. The lowest BCUT2D eigenvalue weighted by molar-refractivity contribution is 0.616. The van der Waals surface area contributed by atoms with E-state index in [0.29, 0.717) is 11.6 Å². The van der Waals surface area contributed by atoms with Crippen LogP contribution < -0.4 is 0 Å². The van der Waals surface area contributed by atoms with Gasteiger partial charge in [-0.05, 0) is 30.5 Å².